The second-order valence-electron chi connectivity index (χ2n) is 4.70. The normalized spacial score (nSPS) is 11.3. The average Bonchev–Trinajstić information content (AvgIpc) is 3.14. The van der Waals surface area contributed by atoms with E-state index in [0.717, 1.165) is 6.54 Å². The maximum atomic E-state index is 2.39. The predicted molar refractivity (Wildman–Crippen MR) is 84.5 cm³/mol. The molecule has 0 fully saturated rings. The fraction of sp³-hybridized carbons (Fsp3) is 0.125. The Bertz CT molecular complexity index is 583. The summed E-state index contributed by atoms with van der Waals surface area (Å²) in [6, 6.07) is 18.9. The molecule has 4 heteroatoms. The zero-order chi connectivity index (χ0) is 13.8. The van der Waals surface area contributed by atoms with Crippen LogP contribution in [-0.2, 0) is 6.54 Å². The molecule has 1 aromatic carbocycles. The van der Waals surface area contributed by atoms with Crippen molar-refractivity contribution in [3.63, 3.8) is 0 Å². The van der Waals surface area contributed by atoms with Crippen molar-refractivity contribution in [3.8, 4) is 0 Å². The molecule has 0 aliphatic rings. The standard InChI is InChI=1S/C16H18N3P/c1-17(15-16-9-3-2-4-10-16)20(18-11-5-6-12-18)19-13-7-8-14-19/h2-14H,15H2,1H3. The van der Waals surface area contributed by atoms with Gasteiger partial charge in [0.05, 0.1) is 0 Å². The van der Waals surface area contributed by atoms with Gasteiger partial charge in [0.1, 0.15) is 0 Å². The number of hydrogen-bond donors (Lipinski definition) is 0. The van der Waals surface area contributed by atoms with Crippen molar-refractivity contribution in [1.29, 1.82) is 0 Å². The van der Waals surface area contributed by atoms with Gasteiger partial charge in [0.15, 0.2) is 8.37 Å². The zero-order valence-electron chi connectivity index (χ0n) is 11.5. The Morgan fingerprint density at radius 3 is 1.80 bits per heavy atom. The van der Waals surface area contributed by atoms with Gasteiger partial charge in [-0.25, -0.2) is 4.67 Å². The second kappa shape index (κ2) is 6.08. The quantitative estimate of drug-likeness (QED) is 0.644. The van der Waals surface area contributed by atoms with Crippen LogP contribution >= 0.6 is 8.37 Å². The van der Waals surface area contributed by atoms with E-state index < -0.39 is 8.37 Å². The molecule has 3 rings (SSSR count). The third kappa shape index (κ3) is 2.84. The van der Waals surface area contributed by atoms with Gasteiger partial charge in [0.2, 0.25) is 0 Å². The molecular formula is C16H18N3P. The van der Waals surface area contributed by atoms with Gasteiger partial charge in [-0.15, -0.1) is 0 Å². The fourth-order valence-corrected chi connectivity index (χ4v) is 4.29. The number of aromatic nitrogens is 2. The second-order valence-corrected chi connectivity index (χ2v) is 6.84. The zero-order valence-corrected chi connectivity index (χ0v) is 12.4. The first kappa shape index (κ1) is 13.2. The van der Waals surface area contributed by atoms with Gasteiger partial charge in [-0.05, 0) is 36.9 Å². The van der Waals surface area contributed by atoms with Crippen LogP contribution in [0.15, 0.2) is 79.4 Å². The molecule has 0 saturated heterocycles. The summed E-state index contributed by atoms with van der Waals surface area (Å²) in [5.74, 6) is 0. The monoisotopic (exact) mass is 283 g/mol. The van der Waals surface area contributed by atoms with Crippen LogP contribution in [0.3, 0.4) is 0 Å². The minimum absolute atomic E-state index is 0.595. The third-order valence-electron chi connectivity index (χ3n) is 3.15. The van der Waals surface area contributed by atoms with Crippen molar-refractivity contribution >= 4 is 8.37 Å². The van der Waals surface area contributed by atoms with Crippen LogP contribution in [0.1, 0.15) is 5.56 Å². The molecule has 0 aliphatic carbocycles. The SMILES string of the molecule is CN(Cc1ccccc1)P(n1cccc1)n1cccc1. The number of benzene rings is 1. The maximum Gasteiger partial charge on any atom is 0.186 e. The van der Waals surface area contributed by atoms with Gasteiger partial charge in [-0.2, -0.15) is 0 Å². The van der Waals surface area contributed by atoms with Crippen molar-refractivity contribution in [3.05, 3.63) is 84.9 Å². The van der Waals surface area contributed by atoms with Crippen LogP contribution in [-0.4, -0.2) is 20.4 Å². The first-order valence-corrected chi connectivity index (χ1v) is 7.86. The minimum Gasteiger partial charge on any atom is -0.303 e. The van der Waals surface area contributed by atoms with Crippen LogP contribution in [0.5, 0.6) is 0 Å². The molecular weight excluding hydrogens is 265 g/mol. The van der Waals surface area contributed by atoms with Crippen molar-refractivity contribution in [2.75, 3.05) is 7.05 Å². The highest BCUT2D eigenvalue weighted by Gasteiger charge is 2.18. The highest BCUT2D eigenvalue weighted by atomic mass is 31.1. The summed E-state index contributed by atoms with van der Waals surface area (Å²) in [6.45, 7) is 0.933. The van der Waals surface area contributed by atoms with E-state index in [-0.39, 0.29) is 0 Å². The number of rotatable bonds is 5. The van der Waals surface area contributed by atoms with Crippen molar-refractivity contribution in [2.45, 2.75) is 6.54 Å². The first-order valence-electron chi connectivity index (χ1n) is 6.66. The number of hydrogen-bond acceptors (Lipinski definition) is 1. The Balaban J connectivity index is 1.86. The molecule has 3 aromatic rings. The topological polar surface area (TPSA) is 13.1 Å². The first-order chi connectivity index (χ1) is 9.84. The van der Waals surface area contributed by atoms with Crippen molar-refractivity contribution in [1.82, 2.24) is 13.3 Å². The van der Waals surface area contributed by atoms with Gasteiger partial charge >= 0.3 is 0 Å². The summed E-state index contributed by atoms with van der Waals surface area (Å²) in [4.78, 5) is 0. The van der Waals surface area contributed by atoms with E-state index in [2.05, 4.69) is 99.8 Å². The lowest BCUT2D eigenvalue weighted by atomic mass is 10.2. The van der Waals surface area contributed by atoms with Crippen LogP contribution < -0.4 is 0 Å². The lowest BCUT2D eigenvalue weighted by molar-refractivity contribution is 0.531. The molecule has 3 nitrogen and oxygen atoms in total. The van der Waals surface area contributed by atoms with E-state index >= 15 is 0 Å². The summed E-state index contributed by atoms with van der Waals surface area (Å²) < 4.78 is 6.95. The van der Waals surface area contributed by atoms with Crippen LogP contribution in [0.25, 0.3) is 0 Å². The molecule has 102 valence electrons. The highest BCUT2D eigenvalue weighted by Crippen LogP contribution is 2.42. The molecule has 0 bridgehead atoms. The van der Waals surface area contributed by atoms with E-state index in [4.69, 9.17) is 0 Å². The molecule has 0 saturated carbocycles. The lowest BCUT2D eigenvalue weighted by Gasteiger charge is -2.29. The predicted octanol–water partition coefficient (Wildman–Crippen LogP) is 4.04. The molecule has 0 unspecified atom stereocenters. The summed E-state index contributed by atoms with van der Waals surface area (Å²) in [5, 5.41) is 0. The van der Waals surface area contributed by atoms with E-state index in [0.29, 0.717) is 0 Å². The largest absolute Gasteiger partial charge is 0.303 e. The molecule has 20 heavy (non-hydrogen) atoms. The minimum atomic E-state index is -0.595. The van der Waals surface area contributed by atoms with Crippen molar-refractivity contribution in [2.24, 2.45) is 0 Å². The lowest BCUT2D eigenvalue weighted by Crippen LogP contribution is -2.18. The Hall–Kier alpha value is -1.83. The van der Waals surface area contributed by atoms with Gasteiger partial charge < -0.3 is 8.68 Å². The van der Waals surface area contributed by atoms with E-state index in [1.165, 1.54) is 5.56 Å². The number of nitrogens with zero attached hydrogens (tertiary/aromatic N) is 3. The van der Waals surface area contributed by atoms with Gasteiger partial charge in [0, 0.05) is 31.3 Å². The highest BCUT2D eigenvalue weighted by molar-refractivity contribution is 7.51. The summed E-state index contributed by atoms with van der Waals surface area (Å²) in [7, 11) is 1.58. The molecule has 0 amide bonds. The smallest absolute Gasteiger partial charge is 0.186 e. The fourth-order valence-electron chi connectivity index (χ4n) is 2.27. The van der Waals surface area contributed by atoms with E-state index in [1.807, 2.05) is 0 Å². The van der Waals surface area contributed by atoms with Crippen LogP contribution in [0.4, 0.5) is 0 Å². The Labute approximate surface area is 121 Å². The molecule has 0 spiro atoms. The van der Waals surface area contributed by atoms with Gasteiger partial charge in [0.25, 0.3) is 0 Å². The maximum absolute atomic E-state index is 2.39. The Morgan fingerprint density at radius 1 is 0.800 bits per heavy atom. The molecule has 0 radical (unpaired) electrons. The van der Waals surface area contributed by atoms with E-state index in [1.54, 1.807) is 0 Å². The van der Waals surface area contributed by atoms with Gasteiger partial charge in [-0.3, -0.25) is 0 Å². The van der Waals surface area contributed by atoms with Crippen LogP contribution in [0.2, 0.25) is 0 Å². The van der Waals surface area contributed by atoms with Crippen molar-refractivity contribution < 1.29 is 0 Å². The Kier molecular flexibility index (Phi) is 4.00. The summed E-state index contributed by atoms with van der Waals surface area (Å²) in [5.41, 5.74) is 1.34. The summed E-state index contributed by atoms with van der Waals surface area (Å²) in [6.07, 6.45) is 8.53. The Morgan fingerprint density at radius 2 is 1.30 bits per heavy atom. The van der Waals surface area contributed by atoms with Gasteiger partial charge in [-0.1, -0.05) is 30.3 Å². The molecule has 2 heterocycles. The average molecular weight is 283 g/mol. The van der Waals surface area contributed by atoms with Crippen LogP contribution in [0, 0.1) is 0 Å². The summed E-state index contributed by atoms with van der Waals surface area (Å²) >= 11 is 0. The molecule has 2 aromatic heterocycles. The third-order valence-corrected chi connectivity index (χ3v) is 5.26. The molecule has 0 atom stereocenters. The molecule has 0 aliphatic heterocycles. The van der Waals surface area contributed by atoms with E-state index in [9.17, 15) is 0 Å². The molecule has 0 N–H and O–H groups in total.